The Kier molecular flexibility index (Phi) is 7.15. The Bertz CT molecular complexity index is 1040. The molecule has 1 amide bonds. The highest BCUT2D eigenvalue weighted by atomic mass is 19.4. The lowest BCUT2D eigenvalue weighted by Crippen LogP contribution is -2.47. The summed E-state index contributed by atoms with van der Waals surface area (Å²) in [5, 5.41) is 7.12. The summed E-state index contributed by atoms with van der Waals surface area (Å²) in [5.41, 5.74) is -2.90. The van der Waals surface area contributed by atoms with Gasteiger partial charge in [-0.1, -0.05) is 42.5 Å². The van der Waals surface area contributed by atoms with Gasteiger partial charge in [-0.05, 0) is 23.3 Å². The van der Waals surface area contributed by atoms with Crippen molar-refractivity contribution >= 4 is 11.9 Å². The summed E-state index contributed by atoms with van der Waals surface area (Å²) < 4.78 is 67.9. The molecule has 0 aromatic heterocycles. The second-order valence-corrected chi connectivity index (χ2v) is 8.21. The summed E-state index contributed by atoms with van der Waals surface area (Å²) in [7, 11) is 1.55. The van der Waals surface area contributed by atoms with Gasteiger partial charge in [0.15, 0.2) is 5.67 Å². The zero-order valence-electron chi connectivity index (χ0n) is 18.2. The normalized spacial score (nSPS) is 24.4. The minimum absolute atomic E-state index is 0.0846. The van der Waals surface area contributed by atoms with E-state index in [9.17, 15) is 18.0 Å². The number of aliphatic carboxylic acids is 1. The highest BCUT2D eigenvalue weighted by molar-refractivity contribution is 5.90. The molecular weight excluding hydrogens is 463 g/mol. The van der Waals surface area contributed by atoms with Crippen LogP contribution in [0.15, 0.2) is 54.6 Å². The van der Waals surface area contributed by atoms with Gasteiger partial charge >= 0.3 is 12.1 Å². The number of carbonyl (C=O) groups is 2. The van der Waals surface area contributed by atoms with Crippen molar-refractivity contribution in [1.82, 2.24) is 9.80 Å². The van der Waals surface area contributed by atoms with Gasteiger partial charge in [-0.15, -0.1) is 0 Å². The highest BCUT2D eigenvalue weighted by Gasteiger charge is 2.70. The van der Waals surface area contributed by atoms with Crippen LogP contribution in [0.25, 0.3) is 0 Å². The Morgan fingerprint density at radius 2 is 1.62 bits per heavy atom. The van der Waals surface area contributed by atoms with E-state index < -0.39 is 29.4 Å². The predicted octanol–water partition coefficient (Wildman–Crippen LogP) is 3.60. The number of carbonyl (C=O) groups excluding carboxylic acids is 1. The Morgan fingerprint density at radius 3 is 2.18 bits per heavy atom. The van der Waals surface area contributed by atoms with Crippen molar-refractivity contribution in [1.29, 1.82) is 0 Å². The zero-order valence-corrected chi connectivity index (χ0v) is 18.2. The number of rotatable bonds is 5. The second-order valence-electron chi connectivity index (χ2n) is 8.21. The summed E-state index contributed by atoms with van der Waals surface area (Å²) in [6, 6.07) is 16.7. The molecule has 0 radical (unpaired) electrons. The van der Waals surface area contributed by atoms with E-state index in [-0.39, 0.29) is 26.2 Å². The molecule has 0 unspecified atom stereocenters. The number of methoxy groups -OCH3 is 1. The number of nitrogens with zero attached hydrogens (tertiary/aromatic N) is 2. The summed E-state index contributed by atoms with van der Waals surface area (Å²) in [6.45, 7) is 0.0722. The van der Waals surface area contributed by atoms with Gasteiger partial charge in [-0.2, -0.15) is 13.2 Å². The molecule has 1 N–H and O–H groups in total. The van der Waals surface area contributed by atoms with Crippen LogP contribution in [0, 0.1) is 0 Å². The molecule has 4 rings (SSSR count). The Labute approximate surface area is 192 Å². The SMILES string of the molecule is COc1cccc(CN2C[C@@]3(F)CN(Cc4ccccc4)C[C@@]3(F)C2=O)c1.O=C(O)C(F)(F)F. The first-order chi connectivity index (χ1) is 15.9. The van der Waals surface area contributed by atoms with Gasteiger partial charge < -0.3 is 14.7 Å². The van der Waals surface area contributed by atoms with Crippen molar-refractivity contribution in [2.45, 2.75) is 30.6 Å². The van der Waals surface area contributed by atoms with Crippen LogP contribution in [0.5, 0.6) is 5.75 Å². The monoisotopic (exact) mass is 486 g/mol. The molecule has 2 saturated heterocycles. The number of halogens is 5. The fourth-order valence-electron chi connectivity index (χ4n) is 4.12. The third-order valence-electron chi connectivity index (χ3n) is 5.69. The molecule has 2 aromatic rings. The molecule has 2 aliphatic rings. The van der Waals surface area contributed by atoms with Gasteiger partial charge in [0.25, 0.3) is 5.91 Å². The van der Waals surface area contributed by atoms with E-state index in [4.69, 9.17) is 14.6 Å². The standard InChI is InChI=1S/C21H22F2N2O2.C2HF3O2/c1-27-18-9-5-8-17(10-18)12-25-14-20(22)13-24(15-21(20,23)19(25)26)11-16-6-3-2-4-7-16;3-2(4,5)1(6)7/h2-10H,11-15H2,1H3;(H,6,7)/t20-,21+;/m0./s1. The largest absolute Gasteiger partial charge is 0.497 e. The van der Waals surface area contributed by atoms with Gasteiger partial charge in [0.05, 0.1) is 13.7 Å². The first kappa shape index (κ1) is 25.4. The Hall–Kier alpha value is -3.21. The van der Waals surface area contributed by atoms with Gasteiger partial charge in [-0.25, -0.2) is 13.6 Å². The van der Waals surface area contributed by atoms with Crippen LogP contribution in [0.1, 0.15) is 11.1 Å². The molecule has 34 heavy (non-hydrogen) atoms. The van der Waals surface area contributed by atoms with E-state index >= 15 is 8.78 Å². The van der Waals surface area contributed by atoms with E-state index in [2.05, 4.69) is 0 Å². The van der Waals surface area contributed by atoms with E-state index in [1.165, 1.54) is 4.90 Å². The van der Waals surface area contributed by atoms with Crippen LogP contribution in [0.3, 0.4) is 0 Å². The summed E-state index contributed by atoms with van der Waals surface area (Å²) in [5.74, 6) is -2.87. The summed E-state index contributed by atoms with van der Waals surface area (Å²) >= 11 is 0. The van der Waals surface area contributed by atoms with Crippen molar-refractivity contribution in [3.63, 3.8) is 0 Å². The van der Waals surface area contributed by atoms with Crippen molar-refractivity contribution < 1.29 is 41.4 Å². The van der Waals surface area contributed by atoms with E-state index in [0.717, 1.165) is 11.1 Å². The number of carboxylic acids is 1. The maximum absolute atomic E-state index is 15.5. The van der Waals surface area contributed by atoms with Crippen molar-refractivity contribution in [2.75, 3.05) is 26.7 Å². The molecule has 0 aliphatic carbocycles. The third kappa shape index (κ3) is 5.30. The minimum atomic E-state index is -5.08. The van der Waals surface area contributed by atoms with Crippen LogP contribution in [-0.2, 0) is 22.7 Å². The van der Waals surface area contributed by atoms with Gasteiger partial charge in [0.2, 0.25) is 5.67 Å². The lowest BCUT2D eigenvalue weighted by Gasteiger charge is -2.22. The Balaban J connectivity index is 0.000000406. The number of hydrogen-bond donors (Lipinski definition) is 1. The van der Waals surface area contributed by atoms with E-state index in [1.807, 2.05) is 36.4 Å². The van der Waals surface area contributed by atoms with E-state index in [0.29, 0.717) is 12.3 Å². The van der Waals surface area contributed by atoms with Crippen molar-refractivity contribution in [3.8, 4) is 5.75 Å². The van der Waals surface area contributed by atoms with Crippen LogP contribution >= 0.6 is 0 Å². The molecule has 0 saturated carbocycles. The number of alkyl halides is 5. The predicted molar refractivity (Wildman–Crippen MR) is 111 cm³/mol. The number of likely N-dealkylation sites (tertiary alicyclic amines) is 2. The maximum atomic E-state index is 15.5. The Morgan fingerprint density at radius 1 is 1.00 bits per heavy atom. The van der Waals surface area contributed by atoms with Crippen LogP contribution in [-0.4, -0.2) is 71.0 Å². The molecule has 0 spiro atoms. The third-order valence-corrected chi connectivity index (χ3v) is 5.69. The fourth-order valence-corrected chi connectivity index (χ4v) is 4.12. The molecule has 6 nitrogen and oxygen atoms in total. The molecule has 2 atom stereocenters. The number of hydrogen-bond acceptors (Lipinski definition) is 4. The molecule has 2 aromatic carbocycles. The number of ether oxygens (including phenoxy) is 1. The smallest absolute Gasteiger partial charge is 0.490 e. The molecule has 2 fully saturated rings. The first-order valence-corrected chi connectivity index (χ1v) is 10.2. The van der Waals surface area contributed by atoms with Gasteiger partial charge in [0, 0.05) is 26.2 Å². The topological polar surface area (TPSA) is 70.1 Å². The molecule has 2 heterocycles. The van der Waals surface area contributed by atoms with Crippen LogP contribution < -0.4 is 4.74 Å². The summed E-state index contributed by atoms with van der Waals surface area (Å²) in [4.78, 5) is 24.6. The van der Waals surface area contributed by atoms with Crippen LogP contribution in [0.4, 0.5) is 22.0 Å². The quantitative estimate of drug-likeness (QED) is 0.655. The van der Waals surface area contributed by atoms with E-state index in [1.54, 1.807) is 30.2 Å². The maximum Gasteiger partial charge on any atom is 0.490 e. The van der Waals surface area contributed by atoms with Crippen LogP contribution in [0.2, 0.25) is 0 Å². The molecule has 184 valence electrons. The average molecular weight is 486 g/mol. The second kappa shape index (κ2) is 9.57. The zero-order chi connectivity index (χ0) is 25.1. The lowest BCUT2D eigenvalue weighted by atomic mass is 9.93. The molecule has 2 aliphatic heterocycles. The van der Waals surface area contributed by atoms with Crippen molar-refractivity contribution in [3.05, 3.63) is 65.7 Å². The summed E-state index contributed by atoms with van der Waals surface area (Å²) in [6.07, 6.45) is -5.08. The first-order valence-electron chi connectivity index (χ1n) is 10.2. The lowest BCUT2D eigenvalue weighted by molar-refractivity contribution is -0.192. The van der Waals surface area contributed by atoms with Gasteiger partial charge in [-0.3, -0.25) is 9.69 Å². The van der Waals surface area contributed by atoms with Crippen molar-refractivity contribution in [2.24, 2.45) is 0 Å². The number of benzene rings is 2. The number of fused-ring (bicyclic) bond motifs is 1. The minimum Gasteiger partial charge on any atom is -0.497 e. The van der Waals surface area contributed by atoms with Gasteiger partial charge in [0.1, 0.15) is 5.75 Å². The highest BCUT2D eigenvalue weighted by Crippen LogP contribution is 2.46. The fraction of sp³-hybridized carbons (Fsp3) is 0.391. The average Bonchev–Trinajstić information content (AvgIpc) is 3.12. The molecule has 11 heteroatoms. The molecular formula is C23H23F5N2O4. The molecule has 0 bridgehead atoms. The number of amides is 1. The number of carboxylic acid groups (broad SMARTS) is 1.